The minimum Gasteiger partial charge on any atom is -0.351 e. The Morgan fingerprint density at radius 1 is 1.40 bits per heavy atom. The van der Waals surface area contributed by atoms with E-state index >= 15 is 0 Å². The van der Waals surface area contributed by atoms with Gasteiger partial charge in [-0.25, -0.2) is 0 Å². The number of hydrogen-bond donors (Lipinski definition) is 1. The number of amides is 2. The monoisotopic (exact) mass is 294 g/mol. The maximum absolute atomic E-state index is 12.1. The molecule has 1 fully saturated rings. The maximum atomic E-state index is 12.1. The Hall–Kier alpha value is -1.36. The highest BCUT2D eigenvalue weighted by Gasteiger charge is 2.27. The summed E-state index contributed by atoms with van der Waals surface area (Å²) in [6.45, 7) is 5.86. The summed E-state index contributed by atoms with van der Waals surface area (Å²) in [6.07, 6.45) is 1.55. The number of carbonyl (C=O) groups excluding carboxylic acids is 2. The first-order valence-electron chi connectivity index (χ1n) is 7.17. The van der Waals surface area contributed by atoms with Gasteiger partial charge in [0.15, 0.2) is 0 Å². The molecule has 1 aromatic rings. The average molecular weight is 294 g/mol. The van der Waals surface area contributed by atoms with Crippen LogP contribution in [0.15, 0.2) is 17.5 Å². The lowest BCUT2D eigenvalue weighted by atomic mass is 9.95. The Bertz CT molecular complexity index is 448. The van der Waals surface area contributed by atoms with E-state index < -0.39 is 0 Å². The van der Waals surface area contributed by atoms with Gasteiger partial charge in [0.1, 0.15) is 0 Å². The molecule has 1 aliphatic rings. The van der Waals surface area contributed by atoms with Crippen LogP contribution >= 0.6 is 11.3 Å². The largest absolute Gasteiger partial charge is 0.351 e. The number of carbonyl (C=O) groups is 2. The normalized spacial score (nSPS) is 16.4. The van der Waals surface area contributed by atoms with Gasteiger partial charge in [0.05, 0.1) is 6.54 Å². The van der Waals surface area contributed by atoms with Crippen molar-refractivity contribution in [2.24, 2.45) is 11.8 Å². The predicted octanol–water partition coefficient (Wildman–Crippen LogP) is 2.26. The molecule has 1 aromatic heterocycles. The van der Waals surface area contributed by atoms with Gasteiger partial charge in [0, 0.05) is 29.8 Å². The molecule has 0 spiro atoms. The van der Waals surface area contributed by atoms with Gasteiger partial charge < -0.3 is 10.2 Å². The molecule has 0 radical (unpaired) electrons. The van der Waals surface area contributed by atoms with Crippen molar-refractivity contribution in [1.82, 2.24) is 10.2 Å². The Morgan fingerprint density at radius 3 is 2.65 bits per heavy atom. The van der Waals surface area contributed by atoms with Crippen molar-refractivity contribution in [2.75, 3.05) is 13.1 Å². The molecule has 2 rings (SSSR count). The first-order chi connectivity index (χ1) is 9.58. The Morgan fingerprint density at radius 2 is 2.10 bits per heavy atom. The average Bonchev–Trinajstić information content (AvgIpc) is 2.97. The molecular weight excluding hydrogens is 272 g/mol. The fourth-order valence-corrected chi connectivity index (χ4v) is 3.10. The topological polar surface area (TPSA) is 49.4 Å². The van der Waals surface area contributed by atoms with E-state index in [2.05, 4.69) is 5.32 Å². The summed E-state index contributed by atoms with van der Waals surface area (Å²) in [4.78, 5) is 27.0. The van der Waals surface area contributed by atoms with Gasteiger partial charge in [0.2, 0.25) is 11.8 Å². The molecule has 20 heavy (non-hydrogen) atoms. The molecule has 0 aromatic carbocycles. The lowest BCUT2D eigenvalue weighted by Gasteiger charge is -2.32. The summed E-state index contributed by atoms with van der Waals surface area (Å²) >= 11 is 1.65. The molecule has 0 aliphatic carbocycles. The van der Waals surface area contributed by atoms with Crippen molar-refractivity contribution >= 4 is 23.2 Å². The Kier molecular flexibility index (Phi) is 5.17. The molecule has 0 saturated carbocycles. The van der Waals surface area contributed by atoms with E-state index in [0.29, 0.717) is 19.6 Å². The number of nitrogens with zero attached hydrogens (tertiary/aromatic N) is 1. The first kappa shape index (κ1) is 15.0. The van der Waals surface area contributed by atoms with Crippen molar-refractivity contribution in [3.63, 3.8) is 0 Å². The lowest BCUT2D eigenvalue weighted by molar-refractivity contribution is -0.138. The lowest BCUT2D eigenvalue weighted by Crippen LogP contribution is -2.44. The molecule has 2 amide bonds. The Labute approximate surface area is 124 Å². The third kappa shape index (κ3) is 3.82. The fraction of sp³-hybridized carbons (Fsp3) is 0.600. The minimum absolute atomic E-state index is 0.0409. The molecular formula is C15H22N2O2S. The maximum Gasteiger partial charge on any atom is 0.225 e. The summed E-state index contributed by atoms with van der Waals surface area (Å²) < 4.78 is 0. The number of hydrogen-bond acceptors (Lipinski definition) is 3. The summed E-state index contributed by atoms with van der Waals surface area (Å²) in [5.74, 6) is 0.405. The van der Waals surface area contributed by atoms with Crippen molar-refractivity contribution in [3.8, 4) is 0 Å². The molecule has 1 N–H and O–H groups in total. The van der Waals surface area contributed by atoms with Gasteiger partial charge >= 0.3 is 0 Å². The van der Waals surface area contributed by atoms with Crippen LogP contribution in [-0.2, 0) is 16.1 Å². The van der Waals surface area contributed by atoms with Gasteiger partial charge in [0.25, 0.3) is 0 Å². The minimum atomic E-state index is 0.0409. The zero-order valence-corrected chi connectivity index (χ0v) is 12.9. The zero-order valence-electron chi connectivity index (χ0n) is 12.1. The molecule has 0 atom stereocenters. The number of thiophene rings is 1. The zero-order chi connectivity index (χ0) is 14.5. The van der Waals surface area contributed by atoms with Crippen LogP contribution in [0.4, 0.5) is 0 Å². The fourth-order valence-electron chi connectivity index (χ4n) is 2.46. The van der Waals surface area contributed by atoms with Gasteiger partial charge in [-0.3, -0.25) is 9.59 Å². The molecule has 2 heterocycles. The molecule has 4 nitrogen and oxygen atoms in total. The third-order valence-electron chi connectivity index (χ3n) is 3.69. The standard InChI is InChI=1S/C15H22N2O2S/c1-11(2)15(19)17-7-5-12(6-8-17)14(18)16-10-13-4-3-9-20-13/h3-4,9,11-12H,5-8,10H2,1-2H3,(H,16,18). The highest BCUT2D eigenvalue weighted by atomic mass is 32.1. The number of piperidine rings is 1. The predicted molar refractivity (Wildman–Crippen MR) is 80.3 cm³/mol. The SMILES string of the molecule is CC(C)C(=O)N1CCC(C(=O)NCc2cccs2)CC1. The van der Waals surface area contributed by atoms with Crippen LogP contribution in [0.1, 0.15) is 31.6 Å². The summed E-state index contributed by atoms with van der Waals surface area (Å²) in [7, 11) is 0. The second-order valence-corrected chi connectivity index (χ2v) is 6.58. The van der Waals surface area contributed by atoms with Gasteiger partial charge in [-0.1, -0.05) is 19.9 Å². The quantitative estimate of drug-likeness (QED) is 0.926. The molecule has 0 bridgehead atoms. The van der Waals surface area contributed by atoms with Crippen LogP contribution in [0.5, 0.6) is 0 Å². The van der Waals surface area contributed by atoms with E-state index in [1.54, 1.807) is 11.3 Å². The second-order valence-electron chi connectivity index (χ2n) is 5.55. The number of rotatable bonds is 4. The summed E-state index contributed by atoms with van der Waals surface area (Å²) in [6, 6.07) is 4.01. The van der Waals surface area contributed by atoms with Crippen LogP contribution in [0, 0.1) is 11.8 Å². The summed E-state index contributed by atoms with van der Waals surface area (Å²) in [5, 5.41) is 5.00. The molecule has 0 unspecified atom stereocenters. The van der Waals surface area contributed by atoms with Crippen LogP contribution in [0.2, 0.25) is 0 Å². The van der Waals surface area contributed by atoms with Gasteiger partial charge in [-0.05, 0) is 24.3 Å². The van der Waals surface area contributed by atoms with E-state index in [0.717, 1.165) is 12.8 Å². The van der Waals surface area contributed by atoms with Gasteiger partial charge in [-0.15, -0.1) is 11.3 Å². The van der Waals surface area contributed by atoms with Gasteiger partial charge in [-0.2, -0.15) is 0 Å². The third-order valence-corrected chi connectivity index (χ3v) is 4.56. The van der Waals surface area contributed by atoms with E-state index in [9.17, 15) is 9.59 Å². The van der Waals surface area contributed by atoms with Crippen molar-refractivity contribution in [3.05, 3.63) is 22.4 Å². The van der Waals surface area contributed by atoms with Crippen molar-refractivity contribution in [2.45, 2.75) is 33.2 Å². The molecule has 110 valence electrons. The van der Waals surface area contributed by atoms with Crippen molar-refractivity contribution in [1.29, 1.82) is 0 Å². The van der Waals surface area contributed by atoms with Crippen LogP contribution in [0.25, 0.3) is 0 Å². The van der Waals surface area contributed by atoms with E-state index in [-0.39, 0.29) is 23.7 Å². The van der Waals surface area contributed by atoms with E-state index in [1.165, 1.54) is 4.88 Å². The molecule has 1 saturated heterocycles. The van der Waals surface area contributed by atoms with Crippen LogP contribution in [-0.4, -0.2) is 29.8 Å². The smallest absolute Gasteiger partial charge is 0.225 e. The molecule has 1 aliphatic heterocycles. The van der Waals surface area contributed by atoms with E-state index in [1.807, 2.05) is 36.3 Å². The Balaban J connectivity index is 1.75. The number of nitrogens with one attached hydrogen (secondary N) is 1. The summed E-state index contributed by atoms with van der Waals surface area (Å²) in [5.41, 5.74) is 0. The number of likely N-dealkylation sites (tertiary alicyclic amines) is 1. The first-order valence-corrected chi connectivity index (χ1v) is 8.04. The van der Waals surface area contributed by atoms with Crippen molar-refractivity contribution < 1.29 is 9.59 Å². The van der Waals surface area contributed by atoms with Crippen LogP contribution < -0.4 is 5.32 Å². The van der Waals surface area contributed by atoms with E-state index in [4.69, 9.17) is 0 Å². The van der Waals surface area contributed by atoms with Crippen LogP contribution in [0.3, 0.4) is 0 Å². The highest BCUT2D eigenvalue weighted by Crippen LogP contribution is 2.19. The second kappa shape index (κ2) is 6.88. The molecule has 5 heteroatoms. The highest BCUT2D eigenvalue weighted by molar-refractivity contribution is 7.09.